The SMILES string of the molecule is O=C(OCl)c1cccc(S(=O)(=O)CC=CNc2ccccc2F)c1. The highest BCUT2D eigenvalue weighted by Gasteiger charge is 2.15. The molecule has 5 nitrogen and oxygen atoms in total. The highest BCUT2D eigenvalue weighted by molar-refractivity contribution is 7.91. The fraction of sp³-hybridized carbons (Fsp3) is 0.0625. The van der Waals surface area contributed by atoms with Crippen molar-refractivity contribution >= 4 is 33.4 Å². The second-order valence-electron chi connectivity index (χ2n) is 4.70. The molecule has 126 valence electrons. The third-order valence-electron chi connectivity index (χ3n) is 3.05. The lowest BCUT2D eigenvalue weighted by molar-refractivity contribution is 0.0751. The fourth-order valence-corrected chi connectivity index (χ4v) is 3.08. The zero-order valence-electron chi connectivity index (χ0n) is 12.3. The molecule has 0 aliphatic heterocycles. The molecule has 0 atom stereocenters. The number of para-hydroxylation sites is 1. The van der Waals surface area contributed by atoms with E-state index in [0.29, 0.717) is 0 Å². The van der Waals surface area contributed by atoms with Crippen LogP contribution < -0.4 is 5.32 Å². The maximum Gasteiger partial charge on any atom is 0.356 e. The first-order chi connectivity index (χ1) is 11.4. The molecule has 1 N–H and O–H groups in total. The normalized spacial score (nSPS) is 11.4. The van der Waals surface area contributed by atoms with Gasteiger partial charge in [-0.15, -0.1) is 0 Å². The standard InChI is InChI=1S/C16H13ClFNO4S/c17-23-16(20)12-5-3-6-13(11-12)24(21,22)10-4-9-19-15-8-2-1-7-14(15)18/h1-9,11,19H,10H2. The molecule has 2 rings (SSSR count). The van der Waals surface area contributed by atoms with E-state index >= 15 is 0 Å². The van der Waals surface area contributed by atoms with Crippen LogP contribution in [0.1, 0.15) is 10.4 Å². The van der Waals surface area contributed by atoms with E-state index < -0.39 is 21.6 Å². The topological polar surface area (TPSA) is 72.5 Å². The van der Waals surface area contributed by atoms with Gasteiger partial charge in [0.2, 0.25) is 0 Å². The lowest BCUT2D eigenvalue weighted by Gasteiger charge is -2.04. The molecule has 0 saturated heterocycles. The summed E-state index contributed by atoms with van der Waals surface area (Å²) in [4.78, 5) is 11.3. The van der Waals surface area contributed by atoms with E-state index in [0.717, 1.165) is 0 Å². The number of carbonyl (C=O) groups is 1. The summed E-state index contributed by atoms with van der Waals surface area (Å²) in [7, 11) is -3.66. The van der Waals surface area contributed by atoms with Crippen molar-refractivity contribution in [3.8, 4) is 0 Å². The summed E-state index contributed by atoms with van der Waals surface area (Å²) < 4.78 is 41.9. The molecule has 0 spiro atoms. The minimum atomic E-state index is -3.66. The molecule has 0 fully saturated rings. The molecule has 24 heavy (non-hydrogen) atoms. The number of nitrogens with one attached hydrogen (secondary N) is 1. The third-order valence-corrected chi connectivity index (χ3v) is 4.79. The monoisotopic (exact) mass is 369 g/mol. The predicted octanol–water partition coefficient (Wildman–Crippen LogP) is 3.54. The molecule has 0 bridgehead atoms. The summed E-state index contributed by atoms with van der Waals surface area (Å²) in [5.41, 5.74) is 0.262. The van der Waals surface area contributed by atoms with Crippen LogP contribution in [0.25, 0.3) is 0 Å². The number of sulfone groups is 1. The molecule has 0 heterocycles. The van der Waals surface area contributed by atoms with Gasteiger partial charge in [0.05, 0.1) is 21.9 Å². The number of hydrogen-bond acceptors (Lipinski definition) is 5. The van der Waals surface area contributed by atoms with E-state index in [1.807, 2.05) is 0 Å². The van der Waals surface area contributed by atoms with Gasteiger partial charge < -0.3 is 9.61 Å². The number of benzene rings is 2. The lowest BCUT2D eigenvalue weighted by atomic mass is 10.2. The van der Waals surface area contributed by atoms with Crippen LogP contribution in [0.3, 0.4) is 0 Å². The maximum absolute atomic E-state index is 13.4. The van der Waals surface area contributed by atoms with Gasteiger partial charge in [0, 0.05) is 0 Å². The van der Waals surface area contributed by atoms with Crippen molar-refractivity contribution in [2.75, 3.05) is 11.1 Å². The summed E-state index contributed by atoms with van der Waals surface area (Å²) in [5.74, 6) is -1.61. The highest BCUT2D eigenvalue weighted by atomic mass is 35.5. The molecule has 0 radical (unpaired) electrons. The Morgan fingerprint density at radius 1 is 1.21 bits per heavy atom. The predicted molar refractivity (Wildman–Crippen MR) is 88.9 cm³/mol. The Bertz CT molecular complexity index is 868. The Morgan fingerprint density at radius 3 is 2.67 bits per heavy atom. The zero-order chi connectivity index (χ0) is 17.6. The summed E-state index contributed by atoms with van der Waals surface area (Å²) in [6.07, 6.45) is 2.68. The summed E-state index contributed by atoms with van der Waals surface area (Å²) >= 11 is 4.98. The molecule has 0 unspecified atom stereocenters. The van der Waals surface area contributed by atoms with Crippen LogP contribution in [0, 0.1) is 5.82 Å². The molecular formula is C16H13ClFNO4S. The van der Waals surface area contributed by atoms with Gasteiger partial charge in [-0.3, -0.25) is 0 Å². The van der Waals surface area contributed by atoms with Crippen LogP contribution >= 0.6 is 11.9 Å². The lowest BCUT2D eigenvalue weighted by Crippen LogP contribution is -2.07. The van der Waals surface area contributed by atoms with Crippen molar-refractivity contribution in [2.24, 2.45) is 0 Å². The molecule has 0 saturated carbocycles. The number of carbonyl (C=O) groups excluding carboxylic acids is 1. The molecule has 0 aliphatic rings. The number of hydrogen-bond donors (Lipinski definition) is 1. The first-order valence-electron chi connectivity index (χ1n) is 6.76. The van der Waals surface area contributed by atoms with E-state index in [1.165, 1.54) is 48.7 Å². The van der Waals surface area contributed by atoms with E-state index in [1.54, 1.807) is 12.1 Å². The smallest absolute Gasteiger partial charge is 0.356 e. The fourth-order valence-electron chi connectivity index (χ4n) is 1.86. The molecule has 2 aromatic carbocycles. The van der Waals surface area contributed by atoms with Gasteiger partial charge in [0.25, 0.3) is 0 Å². The van der Waals surface area contributed by atoms with Crippen LogP contribution in [0.5, 0.6) is 0 Å². The molecule has 8 heteroatoms. The van der Waals surface area contributed by atoms with E-state index in [-0.39, 0.29) is 21.9 Å². The van der Waals surface area contributed by atoms with Gasteiger partial charge in [-0.05, 0) is 36.5 Å². The van der Waals surface area contributed by atoms with Crippen molar-refractivity contribution in [3.05, 3.63) is 72.2 Å². The molecule has 0 amide bonds. The van der Waals surface area contributed by atoms with Gasteiger partial charge >= 0.3 is 5.97 Å². The quantitative estimate of drug-likeness (QED) is 0.843. The van der Waals surface area contributed by atoms with Crippen molar-refractivity contribution in [1.82, 2.24) is 0 Å². The second-order valence-corrected chi connectivity index (χ2v) is 6.89. The average Bonchev–Trinajstić information content (AvgIpc) is 2.59. The Hall–Kier alpha value is -2.38. The Morgan fingerprint density at radius 2 is 1.96 bits per heavy atom. The van der Waals surface area contributed by atoms with Crippen molar-refractivity contribution in [2.45, 2.75) is 4.90 Å². The van der Waals surface area contributed by atoms with Gasteiger partial charge in [-0.25, -0.2) is 17.6 Å². The van der Waals surface area contributed by atoms with Gasteiger partial charge in [0.15, 0.2) is 9.84 Å². The third kappa shape index (κ3) is 4.56. The van der Waals surface area contributed by atoms with E-state index in [4.69, 9.17) is 11.9 Å². The number of rotatable bonds is 6. The Kier molecular flexibility index (Phi) is 5.94. The van der Waals surface area contributed by atoms with Crippen LogP contribution in [0.2, 0.25) is 0 Å². The van der Waals surface area contributed by atoms with E-state index in [9.17, 15) is 17.6 Å². The summed E-state index contributed by atoms with van der Waals surface area (Å²) in [6.45, 7) is 0. The summed E-state index contributed by atoms with van der Waals surface area (Å²) in [5, 5.41) is 2.66. The highest BCUT2D eigenvalue weighted by Crippen LogP contribution is 2.15. The zero-order valence-corrected chi connectivity index (χ0v) is 13.9. The minimum Gasteiger partial charge on any atom is -0.360 e. The van der Waals surface area contributed by atoms with Crippen LogP contribution in [0.15, 0.2) is 65.7 Å². The minimum absolute atomic E-state index is 0.0273. The maximum atomic E-state index is 13.4. The largest absolute Gasteiger partial charge is 0.360 e. The first kappa shape index (κ1) is 18.0. The second kappa shape index (κ2) is 7.94. The van der Waals surface area contributed by atoms with Crippen molar-refractivity contribution in [3.63, 3.8) is 0 Å². The first-order valence-corrected chi connectivity index (χ1v) is 8.72. The molecule has 0 aliphatic carbocycles. The number of anilines is 1. The number of halogens is 2. The Labute approximate surface area is 143 Å². The van der Waals surface area contributed by atoms with Crippen molar-refractivity contribution in [1.29, 1.82) is 0 Å². The van der Waals surface area contributed by atoms with Crippen LogP contribution in [-0.4, -0.2) is 20.1 Å². The molecule has 2 aromatic rings. The van der Waals surface area contributed by atoms with Crippen molar-refractivity contribution < 1.29 is 21.9 Å². The van der Waals surface area contributed by atoms with E-state index in [2.05, 4.69) is 9.61 Å². The molecule has 0 aromatic heterocycles. The summed E-state index contributed by atoms with van der Waals surface area (Å²) in [6, 6.07) is 11.3. The van der Waals surface area contributed by atoms with Gasteiger partial charge in [0.1, 0.15) is 17.7 Å². The Balaban J connectivity index is 2.07. The van der Waals surface area contributed by atoms with Crippen LogP contribution in [0.4, 0.5) is 10.1 Å². The van der Waals surface area contributed by atoms with Gasteiger partial charge in [-0.2, -0.15) is 0 Å². The molecular weight excluding hydrogens is 357 g/mol. The van der Waals surface area contributed by atoms with Crippen LogP contribution in [-0.2, 0) is 14.1 Å². The van der Waals surface area contributed by atoms with Gasteiger partial charge in [-0.1, -0.05) is 24.3 Å². The average molecular weight is 370 g/mol.